The molecule has 3 atom stereocenters. The second kappa shape index (κ2) is 5.80. The number of nitrogens with zero attached hydrogens (tertiary/aromatic N) is 1. The van der Waals surface area contributed by atoms with Gasteiger partial charge >= 0.3 is 12.1 Å². The molecule has 0 aromatic rings. The molecule has 5 nitrogen and oxygen atoms in total. The van der Waals surface area contributed by atoms with Gasteiger partial charge in [-0.25, -0.2) is 4.79 Å². The first kappa shape index (κ1) is 15.8. The Kier molecular flexibility index (Phi) is 4.82. The van der Waals surface area contributed by atoms with Gasteiger partial charge < -0.3 is 14.4 Å². The number of carbonyl (C=O) groups is 2. The van der Waals surface area contributed by atoms with Crippen LogP contribution >= 0.6 is 0 Å². The van der Waals surface area contributed by atoms with Gasteiger partial charge in [-0.3, -0.25) is 4.79 Å². The first-order valence-electron chi connectivity index (χ1n) is 6.76. The first-order chi connectivity index (χ1) is 8.67. The molecule has 1 heterocycles. The lowest BCUT2D eigenvalue weighted by Gasteiger charge is -2.42. The third-order valence-corrected chi connectivity index (χ3v) is 3.50. The van der Waals surface area contributed by atoms with Crippen LogP contribution < -0.4 is 0 Å². The molecule has 0 radical (unpaired) electrons. The molecular formula is C14H25NO4. The number of hydrogen-bond donors (Lipinski definition) is 0. The summed E-state index contributed by atoms with van der Waals surface area (Å²) >= 11 is 0. The molecule has 0 bridgehead atoms. The van der Waals surface area contributed by atoms with Crippen LogP contribution in [0.2, 0.25) is 0 Å². The predicted molar refractivity (Wildman–Crippen MR) is 71.7 cm³/mol. The van der Waals surface area contributed by atoms with Crippen LogP contribution in [0.15, 0.2) is 0 Å². The average Bonchev–Trinajstić information content (AvgIpc) is 2.25. The number of rotatable bonds is 1. The van der Waals surface area contributed by atoms with Gasteiger partial charge in [0, 0.05) is 12.1 Å². The zero-order valence-electron chi connectivity index (χ0n) is 12.7. The Morgan fingerprint density at radius 3 is 2.21 bits per heavy atom. The van der Waals surface area contributed by atoms with E-state index in [9.17, 15) is 9.59 Å². The van der Waals surface area contributed by atoms with E-state index in [1.165, 1.54) is 7.11 Å². The van der Waals surface area contributed by atoms with E-state index in [4.69, 9.17) is 9.47 Å². The average molecular weight is 271 g/mol. The fourth-order valence-corrected chi connectivity index (χ4v) is 2.52. The SMILES string of the molecule is COC(=O)[C@@H]1CC[C@H](C)N(C(=O)OC(C)(C)C)[C@@H]1C. The molecule has 1 fully saturated rings. The molecule has 0 unspecified atom stereocenters. The summed E-state index contributed by atoms with van der Waals surface area (Å²) in [4.78, 5) is 25.6. The van der Waals surface area contributed by atoms with Crippen molar-refractivity contribution >= 4 is 12.1 Å². The summed E-state index contributed by atoms with van der Waals surface area (Å²) in [6.07, 6.45) is 1.17. The number of likely N-dealkylation sites (tertiary alicyclic amines) is 1. The lowest BCUT2D eigenvalue weighted by atomic mass is 9.87. The Morgan fingerprint density at radius 1 is 1.16 bits per heavy atom. The summed E-state index contributed by atoms with van der Waals surface area (Å²) in [5.41, 5.74) is -0.533. The highest BCUT2D eigenvalue weighted by atomic mass is 16.6. The van der Waals surface area contributed by atoms with E-state index in [-0.39, 0.29) is 30.1 Å². The molecule has 1 aliphatic rings. The standard InChI is InChI=1S/C14H25NO4/c1-9-7-8-11(12(16)18-6)10(2)15(9)13(17)19-14(3,4)5/h9-11H,7-8H2,1-6H3/t9-,10+,11+/m0/s1. The van der Waals surface area contributed by atoms with Crippen LogP contribution in [0.1, 0.15) is 47.5 Å². The third-order valence-electron chi connectivity index (χ3n) is 3.50. The smallest absolute Gasteiger partial charge is 0.410 e. The molecule has 1 saturated heterocycles. The molecule has 19 heavy (non-hydrogen) atoms. The van der Waals surface area contributed by atoms with Crippen LogP contribution in [0.4, 0.5) is 4.79 Å². The van der Waals surface area contributed by atoms with Gasteiger partial charge in [0.1, 0.15) is 5.60 Å². The largest absolute Gasteiger partial charge is 0.469 e. The van der Waals surface area contributed by atoms with Gasteiger partial charge in [-0.1, -0.05) is 0 Å². The molecule has 5 heteroatoms. The quantitative estimate of drug-likeness (QED) is 0.688. The number of esters is 1. The molecule has 110 valence electrons. The number of hydrogen-bond acceptors (Lipinski definition) is 4. The van der Waals surface area contributed by atoms with Gasteiger partial charge in [-0.05, 0) is 47.5 Å². The second-order valence-corrected chi connectivity index (χ2v) is 6.18. The molecule has 0 spiro atoms. The van der Waals surface area contributed by atoms with Crippen molar-refractivity contribution in [3.8, 4) is 0 Å². The van der Waals surface area contributed by atoms with Crippen LogP contribution in [0.3, 0.4) is 0 Å². The zero-order chi connectivity index (χ0) is 14.8. The molecule has 1 aliphatic heterocycles. The minimum absolute atomic E-state index is 0.0748. The number of amides is 1. The van der Waals surface area contributed by atoms with E-state index < -0.39 is 5.60 Å². The maximum absolute atomic E-state index is 12.2. The normalized spacial score (nSPS) is 27.9. The second-order valence-electron chi connectivity index (χ2n) is 6.18. The number of carbonyl (C=O) groups excluding carboxylic acids is 2. The Labute approximate surface area is 115 Å². The van der Waals surface area contributed by atoms with Crippen molar-refractivity contribution in [2.24, 2.45) is 5.92 Å². The molecule has 0 N–H and O–H groups in total. The fourth-order valence-electron chi connectivity index (χ4n) is 2.52. The van der Waals surface area contributed by atoms with Crippen LogP contribution in [0.25, 0.3) is 0 Å². The molecule has 1 rings (SSSR count). The van der Waals surface area contributed by atoms with Crippen molar-refractivity contribution in [2.45, 2.75) is 65.1 Å². The van der Waals surface area contributed by atoms with Crippen molar-refractivity contribution in [3.05, 3.63) is 0 Å². The Balaban J connectivity index is 2.84. The van der Waals surface area contributed by atoms with E-state index >= 15 is 0 Å². The van der Waals surface area contributed by atoms with Crippen molar-refractivity contribution in [2.75, 3.05) is 7.11 Å². The molecule has 0 aromatic carbocycles. The van der Waals surface area contributed by atoms with Gasteiger partial charge in [0.25, 0.3) is 0 Å². The van der Waals surface area contributed by atoms with Crippen molar-refractivity contribution in [1.29, 1.82) is 0 Å². The van der Waals surface area contributed by atoms with E-state index in [0.717, 1.165) is 12.8 Å². The number of ether oxygens (including phenoxy) is 2. The summed E-state index contributed by atoms with van der Waals surface area (Å²) in [5, 5.41) is 0. The van der Waals surface area contributed by atoms with E-state index in [0.29, 0.717) is 0 Å². The topological polar surface area (TPSA) is 55.8 Å². The van der Waals surface area contributed by atoms with Crippen LogP contribution in [0, 0.1) is 5.92 Å². The lowest BCUT2D eigenvalue weighted by molar-refractivity contribution is -0.149. The van der Waals surface area contributed by atoms with E-state index in [1.54, 1.807) is 4.90 Å². The monoisotopic (exact) mass is 271 g/mol. The minimum atomic E-state index is -0.533. The van der Waals surface area contributed by atoms with Crippen molar-refractivity contribution in [1.82, 2.24) is 4.90 Å². The van der Waals surface area contributed by atoms with Crippen molar-refractivity contribution < 1.29 is 19.1 Å². The summed E-state index contributed by atoms with van der Waals surface area (Å²) in [5.74, 6) is -0.526. The Hall–Kier alpha value is -1.26. The lowest BCUT2D eigenvalue weighted by Crippen LogP contribution is -2.54. The molecule has 0 aliphatic carbocycles. The van der Waals surface area contributed by atoms with Crippen LogP contribution in [0.5, 0.6) is 0 Å². The maximum Gasteiger partial charge on any atom is 0.410 e. The van der Waals surface area contributed by atoms with Gasteiger partial charge in [0.15, 0.2) is 0 Å². The third kappa shape index (κ3) is 3.85. The first-order valence-corrected chi connectivity index (χ1v) is 6.76. The molecule has 0 saturated carbocycles. The van der Waals surface area contributed by atoms with Crippen molar-refractivity contribution in [3.63, 3.8) is 0 Å². The summed E-state index contributed by atoms with van der Waals surface area (Å²) in [7, 11) is 1.38. The highest BCUT2D eigenvalue weighted by Gasteiger charge is 2.41. The predicted octanol–water partition coefficient (Wildman–Crippen LogP) is 2.58. The van der Waals surface area contributed by atoms with E-state index in [2.05, 4.69) is 0 Å². The number of methoxy groups -OCH3 is 1. The highest BCUT2D eigenvalue weighted by molar-refractivity contribution is 5.76. The number of piperidine rings is 1. The fraction of sp³-hybridized carbons (Fsp3) is 0.857. The Morgan fingerprint density at radius 2 is 1.74 bits per heavy atom. The highest BCUT2D eigenvalue weighted by Crippen LogP contribution is 2.30. The molecule has 0 aromatic heterocycles. The summed E-state index contributed by atoms with van der Waals surface area (Å²) < 4.78 is 10.2. The molecule has 1 amide bonds. The van der Waals surface area contributed by atoms with Gasteiger partial charge in [-0.2, -0.15) is 0 Å². The van der Waals surface area contributed by atoms with Gasteiger partial charge in [-0.15, -0.1) is 0 Å². The van der Waals surface area contributed by atoms with Gasteiger partial charge in [0.2, 0.25) is 0 Å². The maximum atomic E-state index is 12.2. The van der Waals surface area contributed by atoms with Gasteiger partial charge in [0.05, 0.1) is 13.0 Å². The van der Waals surface area contributed by atoms with Crippen LogP contribution in [-0.2, 0) is 14.3 Å². The molecular weight excluding hydrogens is 246 g/mol. The van der Waals surface area contributed by atoms with Crippen LogP contribution in [-0.4, -0.2) is 41.8 Å². The Bertz CT molecular complexity index is 348. The summed E-state index contributed by atoms with van der Waals surface area (Å²) in [6, 6.07) is -0.128. The van der Waals surface area contributed by atoms with E-state index in [1.807, 2.05) is 34.6 Å². The zero-order valence-corrected chi connectivity index (χ0v) is 12.7. The minimum Gasteiger partial charge on any atom is -0.469 e. The summed E-state index contributed by atoms with van der Waals surface area (Å²) in [6.45, 7) is 9.36.